The Hall–Kier alpha value is -2.12. The lowest BCUT2D eigenvalue weighted by atomic mass is 9.93. The minimum absolute atomic E-state index is 0.0462. The van der Waals surface area contributed by atoms with Crippen molar-refractivity contribution in [3.8, 4) is 5.75 Å². The summed E-state index contributed by atoms with van der Waals surface area (Å²) in [5.41, 5.74) is 0.892. The van der Waals surface area contributed by atoms with Crippen molar-refractivity contribution < 1.29 is 22.1 Å². The molecule has 0 aliphatic rings. The first kappa shape index (κ1) is 18.2. The topological polar surface area (TPSA) is 81.7 Å². The van der Waals surface area contributed by atoms with E-state index < -0.39 is 10.1 Å². The van der Waals surface area contributed by atoms with Crippen molar-refractivity contribution in [3.63, 3.8) is 0 Å². The first-order valence-electron chi connectivity index (χ1n) is 7.45. The molecule has 0 aliphatic heterocycles. The van der Waals surface area contributed by atoms with Gasteiger partial charge in [-0.25, -0.2) is 0 Å². The van der Waals surface area contributed by atoms with Gasteiger partial charge in [-0.2, -0.15) is 8.42 Å². The first-order valence-corrected chi connectivity index (χ1v) is 9.27. The predicted molar refractivity (Wildman–Crippen MR) is 92.7 cm³/mol. The lowest BCUT2D eigenvalue weighted by Gasteiger charge is -2.19. The lowest BCUT2D eigenvalue weighted by molar-refractivity contribution is -0.119. The number of fused-ring (bicyclic) bond motifs is 1. The van der Waals surface area contributed by atoms with Crippen molar-refractivity contribution in [2.45, 2.75) is 12.8 Å². The summed E-state index contributed by atoms with van der Waals surface area (Å²) in [4.78, 5) is 11.3. The molecular formula is C17H21NO5S. The lowest BCUT2D eigenvalue weighted by Crippen LogP contribution is -2.29. The normalized spacial score (nSPS) is 12.8. The minimum Gasteiger partial charge on any atom is -0.497 e. The van der Waals surface area contributed by atoms with Crippen LogP contribution in [0.2, 0.25) is 0 Å². The fourth-order valence-corrected chi connectivity index (χ4v) is 2.90. The van der Waals surface area contributed by atoms with Crippen molar-refractivity contribution in [2.24, 2.45) is 0 Å². The molecule has 130 valence electrons. The summed E-state index contributed by atoms with van der Waals surface area (Å²) < 4.78 is 32.9. The zero-order chi connectivity index (χ0) is 17.7. The first-order chi connectivity index (χ1) is 11.3. The van der Waals surface area contributed by atoms with Gasteiger partial charge in [0.25, 0.3) is 10.1 Å². The van der Waals surface area contributed by atoms with Crippen molar-refractivity contribution in [1.82, 2.24) is 5.32 Å². The van der Waals surface area contributed by atoms with Crippen molar-refractivity contribution in [3.05, 3.63) is 42.0 Å². The Bertz CT molecular complexity index is 832. The van der Waals surface area contributed by atoms with Gasteiger partial charge in [0, 0.05) is 19.4 Å². The Morgan fingerprint density at radius 2 is 2.00 bits per heavy atom. The number of amides is 1. The zero-order valence-corrected chi connectivity index (χ0v) is 14.7. The van der Waals surface area contributed by atoms with Gasteiger partial charge in [-0.3, -0.25) is 8.98 Å². The molecule has 7 heteroatoms. The number of ether oxygens (including phenoxy) is 1. The minimum atomic E-state index is -3.57. The Labute approximate surface area is 141 Å². The number of benzene rings is 2. The molecule has 1 unspecified atom stereocenters. The van der Waals surface area contributed by atoms with Gasteiger partial charge in [0.15, 0.2) is 0 Å². The molecule has 0 spiro atoms. The highest BCUT2D eigenvalue weighted by atomic mass is 32.2. The van der Waals surface area contributed by atoms with Crippen LogP contribution in [0.5, 0.6) is 5.75 Å². The van der Waals surface area contributed by atoms with Gasteiger partial charge in [0.2, 0.25) is 5.91 Å². The third-order valence-corrected chi connectivity index (χ3v) is 4.21. The molecule has 0 heterocycles. The average Bonchev–Trinajstić information content (AvgIpc) is 2.53. The van der Waals surface area contributed by atoms with Crippen LogP contribution < -0.4 is 10.1 Å². The van der Waals surface area contributed by atoms with Gasteiger partial charge in [0.05, 0.1) is 20.0 Å². The second-order valence-electron chi connectivity index (χ2n) is 5.56. The van der Waals surface area contributed by atoms with E-state index in [1.807, 2.05) is 36.4 Å². The summed E-state index contributed by atoms with van der Waals surface area (Å²) >= 11 is 0. The monoisotopic (exact) mass is 351 g/mol. The summed E-state index contributed by atoms with van der Waals surface area (Å²) in [6.45, 7) is 1.65. The standard InChI is InChI=1S/C17H21NO5S/c1-12(19)18-10-14(11-23-24(3,20)21)16-6-4-5-13-7-8-15(22-2)9-17(13)16/h4-9,14H,10-11H2,1-3H3,(H,18,19). The van der Waals surface area contributed by atoms with Crippen LogP contribution in [-0.4, -0.2) is 40.8 Å². The van der Waals surface area contributed by atoms with Crippen LogP contribution in [0.3, 0.4) is 0 Å². The molecule has 1 amide bonds. The van der Waals surface area contributed by atoms with E-state index in [4.69, 9.17) is 8.92 Å². The van der Waals surface area contributed by atoms with Gasteiger partial charge >= 0.3 is 0 Å². The third-order valence-electron chi connectivity index (χ3n) is 3.64. The van der Waals surface area contributed by atoms with E-state index in [1.54, 1.807) is 7.11 Å². The third kappa shape index (κ3) is 4.94. The maximum Gasteiger partial charge on any atom is 0.264 e. The van der Waals surface area contributed by atoms with Crippen LogP contribution in [0.15, 0.2) is 36.4 Å². The van der Waals surface area contributed by atoms with Crippen LogP contribution >= 0.6 is 0 Å². The highest BCUT2D eigenvalue weighted by molar-refractivity contribution is 7.85. The summed E-state index contributed by atoms with van der Waals surface area (Å²) in [5, 5.41) is 4.66. The van der Waals surface area contributed by atoms with Crippen LogP contribution in [-0.2, 0) is 19.1 Å². The Morgan fingerprint density at radius 3 is 2.62 bits per heavy atom. The number of methoxy groups -OCH3 is 1. The maximum absolute atomic E-state index is 11.3. The number of hydrogen-bond donors (Lipinski definition) is 1. The van der Waals surface area contributed by atoms with Gasteiger partial charge < -0.3 is 10.1 Å². The quantitative estimate of drug-likeness (QED) is 0.772. The highest BCUT2D eigenvalue weighted by Gasteiger charge is 2.18. The smallest absolute Gasteiger partial charge is 0.264 e. The molecule has 24 heavy (non-hydrogen) atoms. The van der Waals surface area contributed by atoms with Gasteiger partial charge in [-0.15, -0.1) is 0 Å². The molecule has 2 aromatic carbocycles. The Balaban J connectivity index is 2.43. The molecule has 1 atom stereocenters. The van der Waals surface area contributed by atoms with Crippen LogP contribution in [0, 0.1) is 0 Å². The molecule has 0 bridgehead atoms. The maximum atomic E-state index is 11.3. The van der Waals surface area contributed by atoms with Crippen molar-refractivity contribution >= 4 is 26.8 Å². The van der Waals surface area contributed by atoms with Gasteiger partial charge in [-0.05, 0) is 28.5 Å². The van der Waals surface area contributed by atoms with E-state index in [1.165, 1.54) is 6.92 Å². The van der Waals surface area contributed by atoms with Crippen LogP contribution in [0.25, 0.3) is 10.8 Å². The molecule has 0 radical (unpaired) electrons. The van der Waals surface area contributed by atoms with E-state index >= 15 is 0 Å². The van der Waals surface area contributed by atoms with E-state index in [2.05, 4.69) is 5.32 Å². The van der Waals surface area contributed by atoms with Crippen molar-refractivity contribution in [1.29, 1.82) is 0 Å². The summed E-state index contributed by atoms with van der Waals surface area (Å²) in [6.07, 6.45) is 1.01. The molecule has 2 rings (SSSR count). The number of carbonyl (C=O) groups excluding carboxylic acids is 1. The fourth-order valence-electron chi connectivity index (χ4n) is 2.49. The Kier molecular flexibility index (Phi) is 5.80. The summed E-state index contributed by atoms with van der Waals surface area (Å²) in [6, 6.07) is 11.5. The molecule has 0 fully saturated rings. The van der Waals surface area contributed by atoms with Gasteiger partial charge in [-0.1, -0.05) is 24.3 Å². The van der Waals surface area contributed by atoms with E-state index in [0.717, 1.165) is 22.6 Å². The molecule has 0 aliphatic carbocycles. The Morgan fingerprint density at radius 1 is 1.25 bits per heavy atom. The largest absolute Gasteiger partial charge is 0.497 e. The molecule has 6 nitrogen and oxygen atoms in total. The zero-order valence-electron chi connectivity index (χ0n) is 13.9. The molecular weight excluding hydrogens is 330 g/mol. The van der Waals surface area contributed by atoms with E-state index in [0.29, 0.717) is 5.75 Å². The summed E-state index contributed by atoms with van der Waals surface area (Å²) in [7, 11) is -1.98. The second-order valence-corrected chi connectivity index (χ2v) is 7.20. The number of carbonyl (C=O) groups is 1. The molecule has 1 N–H and O–H groups in total. The van der Waals surface area contributed by atoms with E-state index in [-0.39, 0.29) is 25.0 Å². The molecule has 0 saturated carbocycles. The average molecular weight is 351 g/mol. The van der Waals surface area contributed by atoms with Gasteiger partial charge in [0.1, 0.15) is 5.75 Å². The number of nitrogens with one attached hydrogen (secondary N) is 1. The summed E-state index contributed by atoms with van der Waals surface area (Å²) in [5.74, 6) is 0.217. The fraction of sp³-hybridized carbons (Fsp3) is 0.353. The molecule has 0 saturated heterocycles. The van der Waals surface area contributed by atoms with Crippen LogP contribution in [0.1, 0.15) is 18.4 Å². The highest BCUT2D eigenvalue weighted by Crippen LogP contribution is 2.29. The number of hydrogen-bond acceptors (Lipinski definition) is 5. The van der Waals surface area contributed by atoms with Crippen molar-refractivity contribution in [2.75, 3.05) is 26.5 Å². The number of rotatable bonds is 7. The molecule has 0 aromatic heterocycles. The van der Waals surface area contributed by atoms with Crippen LogP contribution in [0.4, 0.5) is 0 Å². The molecule has 2 aromatic rings. The second kappa shape index (κ2) is 7.63. The predicted octanol–water partition coefficient (Wildman–Crippen LogP) is 2.04. The van der Waals surface area contributed by atoms with E-state index in [9.17, 15) is 13.2 Å². The SMILES string of the molecule is COc1ccc2cccc(C(CNC(C)=O)COS(C)(=O)=O)c2c1.